The van der Waals surface area contributed by atoms with Crippen LogP contribution in [0.3, 0.4) is 0 Å². The lowest BCUT2D eigenvalue weighted by Crippen LogP contribution is -2.36. The van der Waals surface area contributed by atoms with Gasteiger partial charge in [0.2, 0.25) is 0 Å². The zero-order chi connectivity index (χ0) is 18.2. The van der Waals surface area contributed by atoms with Gasteiger partial charge in [0.15, 0.2) is 11.5 Å². The molecule has 6 heteroatoms. The summed E-state index contributed by atoms with van der Waals surface area (Å²) in [6, 6.07) is 3.48. The van der Waals surface area contributed by atoms with Crippen molar-refractivity contribution in [2.24, 2.45) is 0 Å². The number of benzene rings is 1. The molecule has 0 atom stereocenters. The fourth-order valence-corrected chi connectivity index (χ4v) is 3.21. The zero-order valence-electron chi connectivity index (χ0n) is 15.0. The number of hydrogen-bond donors (Lipinski definition) is 1. The number of fused-ring (bicyclic) bond motifs is 3. The third kappa shape index (κ3) is 3.26. The van der Waals surface area contributed by atoms with Gasteiger partial charge < -0.3 is 19.2 Å². The van der Waals surface area contributed by atoms with Crippen LogP contribution in [0, 0.1) is 6.92 Å². The summed E-state index contributed by atoms with van der Waals surface area (Å²) in [7, 11) is 1.62. The summed E-state index contributed by atoms with van der Waals surface area (Å²) in [5.74, 6) is 0.499. The lowest BCUT2D eigenvalue weighted by molar-refractivity contribution is 0.0623. The van der Waals surface area contributed by atoms with E-state index in [2.05, 4.69) is 5.32 Å². The molecule has 1 aromatic heterocycles. The van der Waals surface area contributed by atoms with Gasteiger partial charge >= 0.3 is 0 Å². The predicted molar refractivity (Wildman–Crippen MR) is 93.4 cm³/mol. The molecule has 0 spiro atoms. The van der Waals surface area contributed by atoms with Crippen molar-refractivity contribution < 1.29 is 23.5 Å². The highest BCUT2D eigenvalue weighted by molar-refractivity contribution is 6.13. The molecule has 1 amide bonds. The largest absolute Gasteiger partial charge is 0.487 e. The van der Waals surface area contributed by atoms with Crippen molar-refractivity contribution in [1.82, 2.24) is 5.32 Å². The van der Waals surface area contributed by atoms with Crippen LogP contribution >= 0.6 is 0 Å². The number of Topliss-reactive ketones (excluding diaryl/α,β-unsaturated/α-hetero) is 1. The Labute approximate surface area is 146 Å². The zero-order valence-corrected chi connectivity index (χ0v) is 15.0. The minimum Gasteiger partial charge on any atom is -0.487 e. The molecular weight excluding hydrogens is 322 g/mol. The van der Waals surface area contributed by atoms with Crippen LogP contribution in [0.1, 0.15) is 53.2 Å². The van der Waals surface area contributed by atoms with Crippen molar-refractivity contribution in [2.75, 3.05) is 20.3 Å². The van der Waals surface area contributed by atoms with Crippen molar-refractivity contribution in [1.29, 1.82) is 0 Å². The Morgan fingerprint density at radius 1 is 1.36 bits per heavy atom. The van der Waals surface area contributed by atoms with Crippen LogP contribution in [0.2, 0.25) is 0 Å². The maximum Gasteiger partial charge on any atom is 0.287 e. The van der Waals surface area contributed by atoms with Crippen LogP contribution < -0.4 is 10.1 Å². The van der Waals surface area contributed by atoms with Gasteiger partial charge in [-0.15, -0.1) is 0 Å². The Morgan fingerprint density at radius 3 is 2.84 bits per heavy atom. The molecule has 0 saturated carbocycles. The molecule has 3 rings (SSSR count). The van der Waals surface area contributed by atoms with Crippen molar-refractivity contribution in [3.63, 3.8) is 0 Å². The van der Waals surface area contributed by atoms with E-state index in [1.807, 2.05) is 13.8 Å². The van der Waals surface area contributed by atoms with E-state index in [9.17, 15) is 9.59 Å². The number of ether oxygens (including phenoxy) is 2. The summed E-state index contributed by atoms with van der Waals surface area (Å²) < 4.78 is 16.6. The van der Waals surface area contributed by atoms with Crippen molar-refractivity contribution >= 4 is 22.7 Å². The lowest BCUT2D eigenvalue weighted by atomic mass is 9.90. The number of hydrogen-bond acceptors (Lipinski definition) is 5. The van der Waals surface area contributed by atoms with E-state index in [1.165, 1.54) is 0 Å². The average molecular weight is 345 g/mol. The minimum atomic E-state index is -0.531. The molecule has 1 aliphatic heterocycles. The molecule has 1 aromatic carbocycles. The quantitative estimate of drug-likeness (QED) is 0.842. The number of nitrogens with one attached hydrogen (secondary N) is 1. The predicted octanol–water partition coefficient (Wildman–Crippen LogP) is 3.25. The number of rotatable bonds is 5. The second kappa shape index (κ2) is 6.52. The van der Waals surface area contributed by atoms with Crippen LogP contribution in [-0.4, -0.2) is 37.6 Å². The number of carbonyl (C=O) groups excluding carboxylic acids is 2. The van der Waals surface area contributed by atoms with E-state index in [0.29, 0.717) is 47.4 Å². The second-order valence-corrected chi connectivity index (χ2v) is 6.93. The van der Waals surface area contributed by atoms with Crippen LogP contribution in [0.4, 0.5) is 0 Å². The van der Waals surface area contributed by atoms with E-state index >= 15 is 0 Å². The molecule has 1 N–H and O–H groups in total. The number of methoxy groups -OCH3 is 1. The summed E-state index contributed by atoms with van der Waals surface area (Å²) in [6.07, 6.45) is 1.01. The second-order valence-electron chi connectivity index (χ2n) is 6.93. The highest BCUT2D eigenvalue weighted by atomic mass is 16.5. The molecule has 0 fully saturated rings. The van der Waals surface area contributed by atoms with Gasteiger partial charge in [-0.05, 0) is 39.3 Å². The molecule has 0 saturated heterocycles. The SMILES string of the molecule is COCCCNC(=O)c1oc2ccc3c(c2c1C)C(=O)CC(C)(C)O3. The molecule has 25 heavy (non-hydrogen) atoms. The standard InChI is InChI=1S/C19H23NO5/c1-11-15-13(24-17(11)18(22)20-8-5-9-23-4)6-7-14-16(15)12(21)10-19(2,3)25-14/h6-7H,5,8-10H2,1-4H3,(H,20,22). The molecule has 0 unspecified atom stereocenters. The van der Waals surface area contributed by atoms with Gasteiger partial charge in [0.05, 0.1) is 12.0 Å². The Kier molecular flexibility index (Phi) is 4.56. The molecule has 0 aliphatic carbocycles. The molecule has 6 nitrogen and oxygen atoms in total. The van der Waals surface area contributed by atoms with Crippen molar-refractivity contribution in [2.45, 2.75) is 39.2 Å². The number of amides is 1. The van der Waals surface area contributed by atoms with Crippen LogP contribution in [0.25, 0.3) is 11.0 Å². The first-order valence-electron chi connectivity index (χ1n) is 8.39. The minimum absolute atomic E-state index is 0.00722. The Bertz CT molecular complexity index is 834. The maximum atomic E-state index is 12.7. The van der Waals surface area contributed by atoms with E-state index in [-0.39, 0.29) is 17.5 Å². The molecule has 2 aromatic rings. The van der Waals surface area contributed by atoms with Gasteiger partial charge in [-0.3, -0.25) is 9.59 Å². The normalized spacial score (nSPS) is 15.8. The van der Waals surface area contributed by atoms with E-state index in [0.717, 1.165) is 6.42 Å². The number of carbonyl (C=O) groups is 2. The van der Waals surface area contributed by atoms with Crippen LogP contribution in [0.15, 0.2) is 16.5 Å². The summed E-state index contributed by atoms with van der Waals surface area (Å²) in [5, 5.41) is 3.48. The third-order valence-corrected chi connectivity index (χ3v) is 4.32. The first-order valence-corrected chi connectivity index (χ1v) is 8.39. The highest BCUT2D eigenvalue weighted by Crippen LogP contribution is 2.40. The Hall–Kier alpha value is -2.34. The average Bonchev–Trinajstić information content (AvgIpc) is 2.87. The van der Waals surface area contributed by atoms with Crippen LogP contribution in [-0.2, 0) is 4.74 Å². The number of ketones is 1. The highest BCUT2D eigenvalue weighted by Gasteiger charge is 2.35. The van der Waals surface area contributed by atoms with Crippen molar-refractivity contribution in [3.05, 3.63) is 29.0 Å². The van der Waals surface area contributed by atoms with Crippen LogP contribution in [0.5, 0.6) is 5.75 Å². The molecule has 0 radical (unpaired) electrons. The lowest BCUT2D eigenvalue weighted by Gasteiger charge is -2.31. The van der Waals surface area contributed by atoms with E-state index in [1.54, 1.807) is 26.2 Å². The fraction of sp³-hybridized carbons (Fsp3) is 0.474. The van der Waals surface area contributed by atoms with E-state index in [4.69, 9.17) is 13.9 Å². The topological polar surface area (TPSA) is 77.8 Å². The van der Waals surface area contributed by atoms with Gasteiger partial charge in [-0.25, -0.2) is 0 Å². The maximum absolute atomic E-state index is 12.7. The van der Waals surface area contributed by atoms with E-state index < -0.39 is 5.60 Å². The molecule has 0 bridgehead atoms. The van der Waals surface area contributed by atoms with Gasteiger partial charge in [-0.2, -0.15) is 0 Å². The fourth-order valence-electron chi connectivity index (χ4n) is 3.21. The number of furan rings is 1. The van der Waals surface area contributed by atoms with Crippen molar-refractivity contribution in [3.8, 4) is 5.75 Å². The first kappa shape index (κ1) is 17.5. The summed E-state index contributed by atoms with van der Waals surface area (Å²) >= 11 is 0. The molecule has 1 aliphatic rings. The summed E-state index contributed by atoms with van der Waals surface area (Å²) in [6.45, 7) is 6.65. The number of aryl methyl sites for hydroxylation is 1. The summed E-state index contributed by atoms with van der Waals surface area (Å²) in [5.41, 5.74) is 1.16. The van der Waals surface area contributed by atoms with Gasteiger partial charge in [0, 0.05) is 31.2 Å². The molecule has 134 valence electrons. The van der Waals surface area contributed by atoms with Gasteiger partial charge in [-0.1, -0.05) is 0 Å². The molecule has 2 heterocycles. The molecular formula is C19H23NO5. The Morgan fingerprint density at radius 2 is 2.12 bits per heavy atom. The van der Waals surface area contributed by atoms with Gasteiger partial charge in [0.25, 0.3) is 5.91 Å². The third-order valence-electron chi connectivity index (χ3n) is 4.32. The smallest absolute Gasteiger partial charge is 0.287 e. The Balaban J connectivity index is 1.97. The summed E-state index contributed by atoms with van der Waals surface area (Å²) in [4.78, 5) is 25.0. The first-order chi connectivity index (χ1) is 11.8. The monoisotopic (exact) mass is 345 g/mol. The van der Waals surface area contributed by atoms with Gasteiger partial charge in [0.1, 0.15) is 16.9 Å².